The molecule has 218 valence electrons. The minimum atomic E-state index is -0.374. The van der Waals surface area contributed by atoms with E-state index in [2.05, 4.69) is 46.3 Å². The second kappa shape index (κ2) is 13.0. The van der Waals surface area contributed by atoms with Gasteiger partial charge in [0.1, 0.15) is 0 Å². The van der Waals surface area contributed by atoms with Crippen LogP contribution in [0, 0.1) is 5.41 Å². The number of carbonyl (C=O) groups is 3. The van der Waals surface area contributed by atoms with Crippen LogP contribution in [-0.2, 0) is 16.1 Å². The Morgan fingerprint density at radius 1 is 1.00 bits per heavy atom. The van der Waals surface area contributed by atoms with Crippen LogP contribution in [-0.4, -0.2) is 52.2 Å². The first kappa shape index (κ1) is 29.8. The molecule has 4 rings (SSSR count). The van der Waals surface area contributed by atoms with Gasteiger partial charge in [-0.25, -0.2) is 4.79 Å². The van der Waals surface area contributed by atoms with E-state index in [4.69, 9.17) is 0 Å². The minimum absolute atomic E-state index is 0.113. The number of aromatic nitrogens is 2. The highest BCUT2D eigenvalue weighted by Crippen LogP contribution is 2.47. The lowest BCUT2D eigenvalue weighted by molar-refractivity contribution is -0.140. The van der Waals surface area contributed by atoms with Crippen LogP contribution in [0.15, 0.2) is 60.7 Å². The minimum Gasteiger partial charge on any atom is -0.469 e. The zero-order valence-corrected chi connectivity index (χ0v) is 24.5. The van der Waals surface area contributed by atoms with Crippen LogP contribution in [0.25, 0.3) is 11.3 Å². The summed E-state index contributed by atoms with van der Waals surface area (Å²) >= 11 is 0. The molecule has 1 aliphatic carbocycles. The number of hydrogen-bond acceptors (Lipinski definition) is 5. The number of ether oxygens (including phenoxy) is 1. The Morgan fingerprint density at radius 2 is 1.68 bits per heavy atom. The summed E-state index contributed by atoms with van der Waals surface area (Å²) in [5.41, 5.74) is 2.72. The smallest absolute Gasteiger partial charge is 0.323 e. The van der Waals surface area contributed by atoms with E-state index in [9.17, 15) is 14.4 Å². The van der Waals surface area contributed by atoms with Crippen LogP contribution in [0.3, 0.4) is 0 Å². The van der Waals surface area contributed by atoms with Crippen LogP contribution in [0.4, 0.5) is 10.6 Å². The predicted molar refractivity (Wildman–Crippen MR) is 159 cm³/mol. The Kier molecular flexibility index (Phi) is 9.47. The summed E-state index contributed by atoms with van der Waals surface area (Å²) in [5, 5.41) is 13.2. The number of rotatable bonds is 9. The molecule has 3 N–H and O–H groups in total. The van der Waals surface area contributed by atoms with Gasteiger partial charge in [-0.15, -0.1) is 0 Å². The van der Waals surface area contributed by atoms with Crippen molar-refractivity contribution in [3.05, 3.63) is 71.8 Å². The molecular weight excluding hydrogens is 518 g/mol. The Hall–Kier alpha value is -4.14. The SMILES string of the molecule is COC(=O)CCNC(=O)c1ccc(CN(C(=O)Nc2cc(-c3ccccc3)[nH]n2)C2(C(C)(C)C)CCCCC2)cc1. The summed E-state index contributed by atoms with van der Waals surface area (Å²) in [7, 11) is 1.32. The molecule has 41 heavy (non-hydrogen) atoms. The van der Waals surface area contributed by atoms with Gasteiger partial charge in [-0.3, -0.25) is 20.0 Å². The number of nitrogens with zero attached hydrogens (tertiary/aromatic N) is 2. The maximum atomic E-state index is 14.0. The zero-order chi connectivity index (χ0) is 29.5. The summed E-state index contributed by atoms with van der Waals surface area (Å²) < 4.78 is 4.62. The van der Waals surface area contributed by atoms with Crippen molar-refractivity contribution in [1.82, 2.24) is 20.4 Å². The Morgan fingerprint density at radius 3 is 2.32 bits per heavy atom. The van der Waals surface area contributed by atoms with Crippen molar-refractivity contribution in [3.8, 4) is 11.3 Å². The largest absolute Gasteiger partial charge is 0.469 e. The maximum absolute atomic E-state index is 14.0. The van der Waals surface area contributed by atoms with E-state index in [-0.39, 0.29) is 41.8 Å². The van der Waals surface area contributed by atoms with Crippen LogP contribution < -0.4 is 10.6 Å². The summed E-state index contributed by atoms with van der Waals surface area (Å²) in [6.07, 6.45) is 5.23. The fourth-order valence-corrected chi connectivity index (χ4v) is 5.73. The third-order valence-electron chi connectivity index (χ3n) is 8.14. The summed E-state index contributed by atoms with van der Waals surface area (Å²) in [5.74, 6) is -0.167. The van der Waals surface area contributed by atoms with Crippen LogP contribution in [0.1, 0.15) is 75.2 Å². The van der Waals surface area contributed by atoms with E-state index in [1.54, 1.807) is 12.1 Å². The lowest BCUT2D eigenvalue weighted by Crippen LogP contribution is -2.60. The monoisotopic (exact) mass is 559 g/mol. The van der Waals surface area contributed by atoms with Gasteiger partial charge in [0.2, 0.25) is 0 Å². The van der Waals surface area contributed by atoms with E-state index in [0.717, 1.165) is 48.9 Å². The fourth-order valence-electron chi connectivity index (χ4n) is 5.73. The molecule has 0 unspecified atom stereocenters. The molecule has 1 saturated carbocycles. The van der Waals surface area contributed by atoms with E-state index >= 15 is 0 Å². The van der Waals surface area contributed by atoms with Crippen molar-refractivity contribution in [3.63, 3.8) is 0 Å². The highest BCUT2D eigenvalue weighted by Gasteiger charge is 2.49. The Balaban J connectivity index is 1.55. The zero-order valence-electron chi connectivity index (χ0n) is 24.5. The number of esters is 1. The molecule has 9 heteroatoms. The van der Waals surface area contributed by atoms with Crippen molar-refractivity contribution < 1.29 is 19.1 Å². The number of aromatic amines is 1. The molecule has 1 aliphatic rings. The summed E-state index contributed by atoms with van der Waals surface area (Å²) in [4.78, 5) is 39.9. The maximum Gasteiger partial charge on any atom is 0.323 e. The molecule has 1 aromatic heterocycles. The Bertz CT molecular complexity index is 1320. The molecule has 0 atom stereocenters. The average molecular weight is 560 g/mol. The van der Waals surface area contributed by atoms with Gasteiger partial charge in [0.15, 0.2) is 5.82 Å². The average Bonchev–Trinajstić information content (AvgIpc) is 3.44. The molecule has 2 aromatic carbocycles. The number of methoxy groups -OCH3 is 1. The van der Waals surface area contributed by atoms with Gasteiger partial charge < -0.3 is 15.0 Å². The first-order valence-electron chi connectivity index (χ1n) is 14.3. The van der Waals surface area contributed by atoms with Gasteiger partial charge in [-0.2, -0.15) is 5.10 Å². The number of H-pyrrole nitrogens is 1. The van der Waals surface area contributed by atoms with Crippen molar-refractivity contribution in [1.29, 1.82) is 0 Å². The molecule has 9 nitrogen and oxygen atoms in total. The molecule has 0 saturated heterocycles. The topological polar surface area (TPSA) is 116 Å². The normalized spacial score (nSPS) is 14.6. The van der Waals surface area contributed by atoms with E-state index < -0.39 is 0 Å². The third kappa shape index (κ3) is 7.14. The van der Waals surface area contributed by atoms with Crippen LogP contribution in [0.5, 0.6) is 0 Å². The van der Waals surface area contributed by atoms with E-state index in [1.165, 1.54) is 7.11 Å². The number of anilines is 1. The highest BCUT2D eigenvalue weighted by molar-refractivity contribution is 5.94. The molecule has 0 bridgehead atoms. The first-order chi connectivity index (χ1) is 19.6. The molecule has 1 fully saturated rings. The second-order valence-corrected chi connectivity index (χ2v) is 11.7. The van der Waals surface area contributed by atoms with Crippen LogP contribution in [0.2, 0.25) is 0 Å². The lowest BCUT2D eigenvalue weighted by Gasteiger charge is -2.54. The molecule has 3 aromatic rings. The third-order valence-corrected chi connectivity index (χ3v) is 8.14. The van der Waals surface area contributed by atoms with Crippen LogP contribution >= 0.6 is 0 Å². The molecule has 3 amide bonds. The molecule has 0 radical (unpaired) electrons. The molecule has 0 spiro atoms. The van der Waals surface area contributed by atoms with Crippen molar-refractivity contribution in [2.75, 3.05) is 19.0 Å². The summed E-state index contributed by atoms with van der Waals surface area (Å²) in [6.45, 7) is 7.23. The van der Waals surface area contributed by atoms with Gasteiger partial charge in [0.05, 0.1) is 19.2 Å². The van der Waals surface area contributed by atoms with Gasteiger partial charge >= 0.3 is 12.0 Å². The first-order valence-corrected chi connectivity index (χ1v) is 14.3. The van der Waals surface area contributed by atoms with Crippen molar-refractivity contribution in [2.24, 2.45) is 5.41 Å². The number of benzene rings is 2. The van der Waals surface area contributed by atoms with Gasteiger partial charge in [0.25, 0.3) is 5.91 Å². The number of nitrogens with one attached hydrogen (secondary N) is 3. The number of carbonyl (C=O) groups excluding carboxylic acids is 3. The van der Waals surface area contributed by atoms with Gasteiger partial charge in [-0.1, -0.05) is 82.5 Å². The quantitative estimate of drug-likeness (QED) is 0.272. The fraction of sp³-hybridized carbons (Fsp3) is 0.438. The number of urea groups is 1. The Labute approximate surface area is 242 Å². The molecule has 1 heterocycles. The molecule has 0 aliphatic heterocycles. The molecular formula is C32H41N5O4. The van der Waals surface area contributed by atoms with Crippen molar-refractivity contribution in [2.45, 2.75) is 71.4 Å². The van der Waals surface area contributed by atoms with E-state index in [0.29, 0.717) is 17.9 Å². The number of hydrogen-bond donors (Lipinski definition) is 3. The standard InChI is InChI=1S/C32H41N5O4/c1-31(2,3)32(18-9-6-10-19-32)37(30(40)34-27-21-26(35-36-27)24-11-7-5-8-12-24)22-23-13-15-25(16-14-23)29(39)33-20-17-28(38)41-4/h5,7-8,11-16,21H,6,9-10,17-20,22H2,1-4H3,(H,33,39)(H2,34,35,36,40). The number of amides is 3. The lowest BCUT2D eigenvalue weighted by atomic mass is 9.64. The van der Waals surface area contributed by atoms with E-state index in [1.807, 2.05) is 53.4 Å². The van der Waals surface area contributed by atoms with Crippen molar-refractivity contribution >= 4 is 23.7 Å². The van der Waals surface area contributed by atoms with Gasteiger partial charge in [0, 0.05) is 30.3 Å². The predicted octanol–water partition coefficient (Wildman–Crippen LogP) is 6.15. The summed E-state index contributed by atoms with van der Waals surface area (Å²) in [6, 6.07) is 18.8. The second-order valence-electron chi connectivity index (χ2n) is 11.7. The highest BCUT2D eigenvalue weighted by atomic mass is 16.5. The van der Waals surface area contributed by atoms with Gasteiger partial charge in [-0.05, 0) is 41.5 Å².